The van der Waals surface area contributed by atoms with E-state index in [2.05, 4.69) is 4.98 Å². The lowest BCUT2D eigenvalue weighted by atomic mass is 10.1. The van der Waals surface area contributed by atoms with E-state index < -0.39 is 17.8 Å². The van der Waals surface area contributed by atoms with Crippen molar-refractivity contribution in [1.29, 1.82) is 0 Å². The predicted octanol–water partition coefficient (Wildman–Crippen LogP) is 1.48. The smallest absolute Gasteiger partial charge is 0.387 e. The lowest BCUT2D eigenvalue weighted by molar-refractivity contribution is -0.137. The molecule has 1 atom stereocenters. The lowest BCUT2D eigenvalue weighted by Gasteiger charge is -2.10. The Hall–Kier alpha value is -1.14. The fourth-order valence-electron chi connectivity index (χ4n) is 1.08. The molecule has 84 valence electrons. The molecule has 1 aromatic rings. The highest BCUT2D eigenvalue weighted by Gasteiger charge is 2.30. The number of aliphatic hydroxyl groups is 1. The molecule has 3 N–H and O–H groups in total. The molecule has 1 rings (SSSR count). The Bertz CT molecular complexity index is 310. The molecule has 1 heterocycles. The molecule has 15 heavy (non-hydrogen) atoms. The zero-order valence-corrected chi connectivity index (χ0v) is 7.83. The quantitative estimate of drug-likeness (QED) is 0.811. The van der Waals surface area contributed by atoms with Crippen molar-refractivity contribution in [3.05, 3.63) is 29.6 Å². The average Bonchev–Trinajstić information content (AvgIpc) is 2.17. The second kappa shape index (κ2) is 4.59. The number of nitrogens with zero attached hydrogens (tertiary/aromatic N) is 1. The number of nitrogens with two attached hydrogens (primary N) is 1. The van der Waals surface area contributed by atoms with Gasteiger partial charge in [0, 0.05) is 6.20 Å². The van der Waals surface area contributed by atoms with E-state index >= 15 is 0 Å². The van der Waals surface area contributed by atoms with Crippen molar-refractivity contribution >= 4 is 0 Å². The summed E-state index contributed by atoms with van der Waals surface area (Å²) in [7, 11) is 0. The fourth-order valence-corrected chi connectivity index (χ4v) is 1.08. The largest absolute Gasteiger partial charge is 0.417 e. The van der Waals surface area contributed by atoms with E-state index in [1.165, 1.54) is 0 Å². The van der Waals surface area contributed by atoms with E-state index in [0.717, 1.165) is 12.1 Å². The molecule has 0 aliphatic carbocycles. The van der Waals surface area contributed by atoms with E-state index in [1.54, 1.807) is 0 Å². The molecule has 0 saturated carbocycles. The van der Waals surface area contributed by atoms with E-state index in [4.69, 9.17) is 5.73 Å². The van der Waals surface area contributed by atoms with Crippen LogP contribution in [0.2, 0.25) is 0 Å². The van der Waals surface area contributed by atoms with Gasteiger partial charge in [0.15, 0.2) is 0 Å². The van der Waals surface area contributed by atoms with Crippen molar-refractivity contribution < 1.29 is 18.3 Å². The first-order valence-corrected chi connectivity index (χ1v) is 4.36. The minimum Gasteiger partial charge on any atom is -0.387 e. The molecule has 0 amide bonds. The molecule has 1 aromatic heterocycles. The van der Waals surface area contributed by atoms with Crippen molar-refractivity contribution in [3.8, 4) is 0 Å². The molecule has 0 aliphatic rings. The third kappa shape index (κ3) is 3.17. The summed E-state index contributed by atoms with van der Waals surface area (Å²) in [6.45, 7) is 0.254. The van der Waals surface area contributed by atoms with Gasteiger partial charge in [0.1, 0.15) is 0 Å². The van der Waals surface area contributed by atoms with Crippen molar-refractivity contribution in [1.82, 2.24) is 4.98 Å². The second-order valence-corrected chi connectivity index (χ2v) is 3.06. The third-order valence-electron chi connectivity index (χ3n) is 1.90. The summed E-state index contributed by atoms with van der Waals surface area (Å²) in [4.78, 5) is 3.54. The SMILES string of the molecule is NCC[C@@H](O)c1ccc(C(F)(F)F)cn1. The first-order valence-electron chi connectivity index (χ1n) is 4.36. The lowest BCUT2D eigenvalue weighted by Crippen LogP contribution is -2.10. The predicted molar refractivity (Wildman–Crippen MR) is 47.9 cm³/mol. The summed E-state index contributed by atoms with van der Waals surface area (Å²) in [5, 5.41) is 9.39. The van der Waals surface area contributed by atoms with Gasteiger partial charge in [-0.05, 0) is 25.1 Å². The van der Waals surface area contributed by atoms with Crippen molar-refractivity contribution in [2.45, 2.75) is 18.7 Å². The van der Waals surface area contributed by atoms with Gasteiger partial charge < -0.3 is 10.8 Å². The Morgan fingerprint density at radius 2 is 2.07 bits per heavy atom. The van der Waals surface area contributed by atoms with Crippen LogP contribution in [-0.2, 0) is 6.18 Å². The summed E-state index contributed by atoms with van der Waals surface area (Å²) in [6.07, 6.45) is -4.32. The average molecular weight is 220 g/mol. The number of hydrogen-bond donors (Lipinski definition) is 2. The molecule has 0 aliphatic heterocycles. The third-order valence-corrected chi connectivity index (χ3v) is 1.90. The van der Waals surface area contributed by atoms with Gasteiger partial charge in [-0.1, -0.05) is 0 Å². The summed E-state index contributed by atoms with van der Waals surface area (Å²) in [5.41, 5.74) is 4.57. The van der Waals surface area contributed by atoms with E-state index in [-0.39, 0.29) is 18.7 Å². The van der Waals surface area contributed by atoms with Gasteiger partial charge in [0.2, 0.25) is 0 Å². The van der Waals surface area contributed by atoms with Gasteiger partial charge in [-0.3, -0.25) is 4.98 Å². The van der Waals surface area contributed by atoms with Crippen LogP contribution in [0.4, 0.5) is 13.2 Å². The fraction of sp³-hybridized carbons (Fsp3) is 0.444. The Kier molecular flexibility index (Phi) is 3.65. The van der Waals surface area contributed by atoms with Gasteiger partial charge in [0.05, 0.1) is 17.4 Å². The maximum absolute atomic E-state index is 12.1. The van der Waals surface area contributed by atoms with Gasteiger partial charge in [0.25, 0.3) is 0 Å². The first-order chi connectivity index (χ1) is 6.95. The van der Waals surface area contributed by atoms with Crippen LogP contribution in [0, 0.1) is 0 Å². The monoisotopic (exact) mass is 220 g/mol. The van der Waals surface area contributed by atoms with Crippen LogP contribution in [-0.4, -0.2) is 16.6 Å². The molecule has 0 fully saturated rings. The summed E-state index contributed by atoms with van der Waals surface area (Å²) >= 11 is 0. The molecule has 0 aromatic carbocycles. The number of aromatic nitrogens is 1. The topological polar surface area (TPSA) is 59.1 Å². The van der Waals surface area contributed by atoms with E-state index in [0.29, 0.717) is 6.20 Å². The maximum Gasteiger partial charge on any atom is 0.417 e. The van der Waals surface area contributed by atoms with Crippen LogP contribution in [0.5, 0.6) is 0 Å². The van der Waals surface area contributed by atoms with Gasteiger partial charge in [-0.15, -0.1) is 0 Å². The van der Waals surface area contributed by atoms with Gasteiger partial charge in [-0.25, -0.2) is 0 Å². The first kappa shape index (κ1) is 11.9. The highest BCUT2D eigenvalue weighted by molar-refractivity contribution is 5.18. The van der Waals surface area contributed by atoms with Gasteiger partial charge >= 0.3 is 6.18 Å². The Morgan fingerprint density at radius 3 is 2.47 bits per heavy atom. The number of alkyl halides is 3. The number of rotatable bonds is 3. The second-order valence-electron chi connectivity index (χ2n) is 3.06. The van der Waals surface area contributed by atoms with Crippen LogP contribution >= 0.6 is 0 Å². The van der Waals surface area contributed by atoms with Crippen LogP contribution in [0.1, 0.15) is 23.8 Å². The van der Waals surface area contributed by atoms with Crippen LogP contribution in [0.3, 0.4) is 0 Å². The molecular formula is C9H11F3N2O. The summed E-state index contributed by atoms with van der Waals surface area (Å²) in [6, 6.07) is 2.05. The molecule has 3 nitrogen and oxygen atoms in total. The molecule has 0 spiro atoms. The standard InChI is InChI=1S/C9H11F3N2O/c10-9(11,12)6-1-2-7(14-5-6)8(15)3-4-13/h1-2,5,8,15H,3-4,13H2/t8-/m1/s1. The van der Waals surface area contributed by atoms with E-state index in [1.807, 2.05) is 0 Å². The number of hydrogen-bond acceptors (Lipinski definition) is 3. The molecule has 6 heteroatoms. The Balaban J connectivity index is 2.81. The summed E-state index contributed by atoms with van der Waals surface area (Å²) < 4.78 is 36.4. The highest BCUT2D eigenvalue weighted by Crippen LogP contribution is 2.29. The maximum atomic E-state index is 12.1. The highest BCUT2D eigenvalue weighted by atomic mass is 19.4. The van der Waals surface area contributed by atoms with Crippen LogP contribution in [0.25, 0.3) is 0 Å². The molecular weight excluding hydrogens is 209 g/mol. The van der Waals surface area contributed by atoms with Crippen LogP contribution in [0.15, 0.2) is 18.3 Å². The van der Waals surface area contributed by atoms with Gasteiger partial charge in [-0.2, -0.15) is 13.2 Å². The zero-order valence-electron chi connectivity index (χ0n) is 7.83. The zero-order chi connectivity index (χ0) is 11.5. The van der Waals surface area contributed by atoms with Crippen LogP contribution < -0.4 is 5.73 Å². The Morgan fingerprint density at radius 1 is 1.40 bits per heavy atom. The van der Waals surface area contributed by atoms with Crippen molar-refractivity contribution in [2.24, 2.45) is 5.73 Å². The minimum atomic E-state index is -4.40. The van der Waals surface area contributed by atoms with Crippen molar-refractivity contribution in [2.75, 3.05) is 6.54 Å². The Labute approximate surface area is 84.7 Å². The summed E-state index contributed by atoms with van der Waals surface area (Å²) in [5.74, 6) is 0. The molecule has 0 unspecified atom stereocenters. The number of aliphatic hydroxyl groups excluding tert-OH is 1. The van der Waals surface area contributed by atoms with E-state index in [9.17, 15) is 18.3 Å². The normalized spacial score (nSPS) is 13.9. The number of halogens is 3. The molecule has 0 radical (unpaired) electrons. The molecule has 0 bridgehead atoms. The minimum absolute atomic E-state index is 0.202. The number of pyridine rings is 1. The molecule has 0 saturated heterocycles. The van der Waals surface area contributed by atoms with Crippen molar-refractivity contribution in [3.63, 3.8) is 0 Å².